The second kappa shape index (κ2) is 6.54. The van der Waals surface area contributed by atoms with Crippen LogP contribution in [0, 0.1) is 23.7 Å². The molecule has 1 aliphatic heterocycles. The average molecular weight is 419 g/mol. The minimum atomic E-state index is -0.270. The Labute approximate surface area is 159 Å². The molecule has 136 valence electrons. The van der Waals surface area contributed by atoms with Crippen LogP contribution in [0.4, 0.5) is 0 Å². The number of ether oxygens (including phenoxy) is 1. The van der Waals surface area contributed by atoms with E-state index in [1.807, 2.05) is 6.92 Å². The molecule has 7 heteroatoms. The van der Waals surface area contributed by atoms with Crippen molar-refractivity contribution in [2.24, 2.45) is 28.8 Å². The Hall–Kier alpha value is -2.15. The molecule has 3 aliphatic carbocycles. The van der Waals surface area contributed by atoms with Crippen LogP contribution >= 0.6 is 15.9 Å². The van der Waals surface area contributed by atoms with Crippen molar-refractivity contribution in [3.8, 4) is 11.5 Å². The number of nitrogens with zero attached hydrogens (tertiary/aromatic N) is 2. The molecule has 2 fully saturated rings. The zero-order valence-electron chi connectivity index (χ0n) is 14.3. The highest BCUT2D eigenvalue weighted by Gasteiger charge is 2.56. The predicted octanol–water partition coefficient (Wildman–Crippen LogP) is 3.08. The van der Waals surface area contributed by atoms with Gasteiger partial charge in [-0.2, -0.15) is 10.1 Å². The minimum Gasteiger partial charge on any atom is -0.503 e. The van der Waals surface area contributed by atoms with Crippen molar-refractivity contribution in [1.29, 1.82) is 0 Å². The first-order valence-corrected chi connectivity index (χ1v) is 9.56. The molecule has 1 saturated carbocycles. The number of carbonyl (C=O) groups excluding carboxylic acids is 2. The van der Waals surface area contributed by atoms with E-state index in [0.29, 0.717) is 22.4 Å². The number of halogens is 1. The van der Waals surface area contributed by atoms with Gasteiger partial charge in [-0.1, -0.05) is 12.2 Å². The van der Waals surface area contributed by atoms with Crippen molar-refractivity contribution >= 4 is 34.0 Å². The highest BCUT2D eigenvalue weighted by atomic mass is 79.9. The Balaban J connectivity index is 1.60. The van der Waals surface area contributed by atoms with Crippen molar-refractivity contribution in [3.05, 3.63) is 34.3 Å². The monoisotopic (exact) mass is 418 g/mol. The van der Waals surface area contributed by atoms with Gasteiger partial charge in [-0.3, -0.25) is 9.59 Å². The number of hydrogen-bond acceptors (Lipinski definition) is 5. The lowest BCUT2D eigenvalue weighted by molar-refractivity contribution is -0.140. The Morgan fingerprint density at radius 2 is 1.85 bits per heavy atom. The van der Waals surface area contributed by atoms with E-state index < -0.39 is 0 Å². The summed E-state index contributed by atoms with van der Waals surface area (Å²) in [4.78, 5) is 25.5. The molecule has 0 radical (unpaired) electrons. The summed E-state index contributed by atoms with van der Waals surface area (Å²) in [5.41, 5.74) is 0.620. The maximum atomic E-state index is 12.7. The molecule has 1 N–H and O–H groups in total. The maximum Gasteiger partial charge on any atom is 0.254 e. The summed E-state index contributed by atoms with van der Waals surface area (Å²) in [5.74, 6) is -0.341. The molecule has 2 bridgehead atoms. The first-order valence-electron chi connectivity index (χ1n) is 8.76. The lowest BCUT2D eigenvalue weighted by Crippen LogP contribution is -2.38. The van der Waals surface area contributed by atoms with Crippen LogP contribution in [0.3, 0.4) is 0 Å². The van der Waals surface area contributed by atoms with E-state index in [0.717, 1.165) is 17.9 Å². The lowest BCUT2D eigenvalue weighted by atomic mass is 9.63. The Bertz CT molecular complexity index is 803. The molecular formula is C19H19BrN2O4. The van der Waals surface area contributed by atoms with Crippen molar-refractivity contribution < 1.29 is 19.4 Å². The Kier molecular flexibility index (Phi) is 4.34. The zero-order chi connectivity index (χ0) is 18.4. The summed E-state index contributed by atoms with van der Waals surface area (Å²) >= 11 is 3.27. The lowest BCUT2D eigenvalue weighted by Gasteiger charge is -2.37. The Morgan fingerprint density at radius 1 is 1.23 bits per heavy atom. The number of phenols is 1. The number of hydrogen-bond donors (Lipinski definition) is 1. The number of amides is 2. The van der Waals surface area contributed by atoms with Crippen molar-refractivity contribution in [3.63, 3.8) is 0 Å². The fraction of sp³-hybridized carbons (Fsp3) is 0.421. The van der Waals surface area contributed by atoms with E-state index in [4.69, 9.17) is 4.74 Å². The predicted molar refractivity (Wildman–Crippen MR) is 98.8 cm³/mol. The van der Waals surface area contributed by atoms with E-state index >= 15 is 0 Å². The van der Waals surface area contributed by atoms with E-state index in [2.05, 4.69) is 33.2 Å². The number of carbonyl (C=O) groups is 2. The van der Waals surface area contributed by atoms with E-state index in [1.54, 1.807) is 12.1 Å². The van der Waals surface area contributed by atoms with Gasteiger partial charge in [0.25, 0.3) is 11.8 Å². The summed E-state index contributed by atoms with van der Waals surface area (Å²) in [6.07, 6.45) is 7.54. The smallest absolute Gasteiger partial charge is 0.254 e. The summed E-state index contributed by atoms with van der Waals surface area (Å²) in [6, 6.07) is 3.28. The summed E-state index contributed by atoms with van der Waals surface area (Å²) in [5, 5.41) is 15.2. The van der Waals surface area contributed by atoms with Gasteiger partial charge < -0.3 is 9.84 Å². The average Bonchev–Trinajstić information content (AvgIpc) is 2.91. The van der Waals surface area contributed by atoms with Gasteiger partial charge in [-0.05, 0) is 65.2 Å². The quantitative estimate of drug-likeness (QED) is 0.462. The van der Waals surface area contributed by atoms with Gasteiger partial charge in [-0.15, -0.1) is 0 Å². The maximum absolute atomic E-state index is 12.7. The fourth-order valence-electron chi connectivity index (χ4n) is 4.23. The van der Waals surface area contributed by atoms with Crippen LogP contribution in [0.15, 0.2) is 33.9 Å². The van der Waals surface area contributed by atoms with Crippen LogP contribution < -0.4 is 4.74 Å². The third-order valence-corrected chi connectivity index (χ3v) is 6.01. The second-order valence-electron chi connectivity index (χ2n) is 6.86. The van der Waals surface area contributed by atoms with Crippen LogP contribution in [0.25, 0.3) is 0 Å². The molecule has 5 rings (SSSR count). The zero-order valence-corrected chi connectivity index (χ0v) is 15.8. The number of hydrazone groups is 1. The minimum absolute atomic E-state index is 0.00555. The highest BCUT2D eigenvalue weighted by Crippen LogP contribution is 2.49. The van der Waals surface area contributed by atoms with Crippen LogP contribution in [-0.2, 0) is 9.59 Å². The number of benzene rings is 1. The van der Waals surface area contributed by atoms with Gasteiger partial charge in [0.1, 0.15) is 0 Å². The van der Waals surface area contributed by atoms with Gasteiger partial charge in [0.05, 0.1) is 29.1 Å². The van der Waals surface area contributed by atoms with Gasteiger partial charge in [0.15, 0.2) is 11.5 Å². The van der Waals surface area contributed by atoms with Gasteiger partial charge in [-0.25, -0.2) is 0 Å². The summed E-state index contributed by atoms with van der Waals surface area (Å²) in [7, 11) is 0. The number of aromatic hydroxyl groups is 1. The molecule has 0 spiro atoms. The molecule has 4 atom stereocenters. The summed E-state index contributed by atoms with van der Waals surface area (Å²) in [6.45, 7) is 2.22. The van der Waals surface area contributed by atoms with Gasteiger partial charge in [0.2, 0.25) is 0 Å². The van der Waals surface area contributed by atoms with E-state index in [9.17, 15) is 14.7 Å². The normalized spacial score (nSPS) is 29.7. The summed E-state index contributed by atoms with van der Waals surface area (Å²) < 4.78 is 5.85. The SMILES string of the molecule is CCOc1cc(/C=N\N2C(=O)[C@@H]3[C@@H](C2=O)[C@@H]2C=C[C@@H]3CC2)cc(Br)c1O. The Morgan fingerprint density at radius 3 is 2.38 bits per heavy atom. The van der Waals surface area contributed by atoms with Crippen LogP contribution in [0.5, 0.6) is 11.5 Å². The third-order valence-electron chi connectivity index (χ3n) is 5.41. The molecule has 0 unspecified atom stereocenters. The first kappa shape index (κ1) is 17.3. The van der Waals surface area contributed by atoms with Crippen LogP contribution in [0.1, 0.15) is 25.3 Å². The number of phenolic OH excluding ortho intramolecular Hbond substituents is 1. The van der Waals surface area contributed by atoms with Crippen molar-refractivity contribution in [1.82, 2.24) is 5.01 Å². The molecular weight excluding hydrogens is 400 g/mol. The highest BCUT2D eigenvalue weighted by molar-refractivity contribution is 9.10. The number of imide groups is 1. The standard InChI is InChI=1S/C19H19BrN2O4/c1-2-26-14-8-10(7-13(20)17(14)23)9-21-22-18(24)15-11-3-4-12(6-5-11)16(15)19(22)25/h3-4,7-9,11-12,15-16,23H,2,5-6H2,1H3/b21-9-/t11-,12-,15+,16+/m1/s1. The molecule has 1 aromatic carbocycles. The number of rotatable bonds is 4. The fourth-order valence-corrected chi connectivity index (χ4v) is 4.69. The molecule has 0 aromatic heterocycles. The second-order valence-corrected chi connectivity index (χ2v) is 7.71. The van der Waals surface area contributed by atoms with Gasteiger partial charge >= 0.3 is 0 Å². The van der Waals surface area contributed by atoms with Crippen molar-refractivity contribution in [2.45, 2.75) is 19.8 Å². The molecule has 26 heavy (non-hydrogen) atoms. The molecule has 1 saturated heterocycles. The number of allylic oxidation sites excluding steroid dienone is 2. The third kappa shape index (κ3) is 2.65. The van der Waals surface area contributed by atoms with Crippen LogP contribution in [-0.4, -0.2) is 34.8 Å². The molecule has 4 aliphatic rings. The van der Waals surface area contributed by atoms with Gasteiger partial charge in [0, 0.05) is 0 Å². The number of fused-ring (bicyclic) bond motifs is 1. The first-order chi connectivity index (χ1) is 12.5. The van der Waals surface area contributed by atoms with Crippen LogP contribution in [0.2, 0.25) is 0 Å². The molecule has 1 heterocycles. The molecule has 6 nitrogen and oxygen atoms in total. The van der Waals surface area contributed by atoms with E-state index in [1.165, 1.54) is 6.21 Å². The topological polar surface area (TPSA) is 79.2 Å². The molecule has 2 amide bonds. The van der Waals surface area contributed by atoms with E-state index in [-0.39, 0.29) is 41.2 Å². The largest absolute Gasteiger partial charge is 0.503 e. The van der Waals surface area contributed by atoms with Crippen molar-refractivity contribution in [2.75, 3.05) is 6.61 Å². The molecule has 1 aromatic rings.